The van der Waals surface area contributed by atoms with E-state index in [0.29, 0.717) is 5.92 Å². The molecule has 1 amide bonds. The standard InChI is InChI=1S/C15H22N2O/c1-10(2)13(16)15(18)17-14(12-8-9-12)11-6-4-3-5-7-11/h3-7,10,12-14H,8-9,16H2,1-2H3,(H,17,18)/t13-,14?/m1/s1. The van der Waals surface area contributed by atoms with E-state index in [0.717, 1.165) is 0 Å². The number of hydrogen-bond acceptors (Lipinski definition) is 2. The molecule has 1 fully saturated rings. The van der Waals surface area contributed by atoms with Crippen LogP contribution in [0.2, 0.25) is 0 Å². The van der Waals surface area contributed by atoms with Gasteiger partial charge in [0, 0.05) is 0 Å². The average Bonchev–Trinajstić information content (AvgIpc) is 3.20. The van der Waals surface area contributed by atoms with Crippen molar-refractivity contribution in [3.8, 4) is 0 Å². The molecule has 0 bridgehead atoms. The summed E-state index contributed by atoms with van der Waals surface area (Å²) in [5.74, 6) is 0.710. The van der Waals surface area contributed by atoms with Crippen molar-refractivity contribution in [2.45, 2.75) is 38.8 Å². The molecule has 0 saturated heterocycles. The summed E-state index contributed by atoms with van der Waals surface area (Å²) in [7, 11) is 0. The number of hydrogen-bond donors (Lipinski definition) is 2. The fourth-order valence-corrected chi connectivity index (χ4v) is 2.12. The first-order valence-electron chi connectivity index (χ1n) is 6.70. The number of amides is 1. The monoisotopic (exact) mass is 246 g/mol. The van der Waals surface area contributed by atoms with Gasteiger partial charge in [0.1, 0.15) is 0 Å². The Morgan fingerprint density at radius 3 is 2.39 bits per heavy atom. The Labute approximate surface area is 109 Å². The maximum atomic E-state index is 12.1. The SMILES string of the molecule is CC(C)[C@@H](N)C(=O)NC(c1ccccc1)C1CC1. The van der Waals surface area contributed by atoms with E-state index < -0.39 is 6.04 Å². The maximum Gasteiger partial charge on any atom is 0.237 e. The van der Waals surface area contributed by atoms with Crippen molar-refractivity contribution in [1.82, 2.24) is 5.32 Å². The van der Waals surface area contributed by atoms with Gasteiger partial charge >= 0.3 is 0 Å². The molecular formula is C15H22N2O. The van der Waals surface area contributed by atoms with Crippen LogP contribution in [0.15, 0.2) is 30.3 Å². The van der Waals surface area contributed by atoms with Crippen LogP contribution in [-0.2, 0) is 4.79 Å². The first kappa shape index (κ1) is 13.1. The largest absolute Gasteiger partial charge is 0.348 e. The van der Waals surface area contributed by atoms with E-state index in [-0.39, 0.29) is 17.9 Å². The Morgan fingerprint density at radius 1 is 1.28 bits per heavy atom. The van der Waals surface area contributed by atoms with Gasteiger partial charge in [-0.2, -0.15) is 0 Å². The molecule has 1 saturated carbocycles. The zero-order valence-corrected chi connectivity index (χ0v) is 11.1. The number of benzene rings is 1. The van der Waals surface area contributed by atoms with Crippen molar-refractivity contribution >= 4 is 5.91 Å². The van der Waals surface area contributed by atoms with Gasteiger partial charge in [0.15, 0.2) is 0 Å². The lowest BCUT2D eigenvalue weighted by Gasteiger charge is -2.22. The fourth-order valence-electron chi connectivity index (χ4n) is 2.12. The predicted molar refractivity (Wildman–Crippen MR) is 72.9 cm³/mol. The van der Waals surface area contributed by atoms with E-state index in [9.17, 15) is 4.79 Å². The zero-order chi connectivity index (χ0) is 13.1. The number of nitrogens with one attached hydrogen (secondary N) is 1. The van der Waals surface area contributed by atoms with Gasteiger partial charge < -0.3 is 11.1 Å². The molecule has 0 spiro atoms. The third kappa shape index (κ3) is 3.10. The second-order valence-electron chi connectivity index (χ2n) is 5.50. The van der Waals surface area contributed by atoms with Crippen LogP contribution in [0, 0.1) is 11.8 Å². The van der Waals surface area contributed by atoms with Crippen molar-refractivity contribution in [2.24, 2.45) is 17.6 Å². The van der Waals surface area contributed by atoms with Gasteiger partial charge in [-0.05, 0) is 30.2 Å². The summed E-state index contributed by atoms with van der Waals surface area (Å²) in [5.41, 5.74) is 7.08. The van der Waals surface area contributed by atoms with Crippen LogP contribution in [0.1, 0.15) is 38.3 Å². The number of nitrogens with two attached hydrogens (primary N) is 1. The summed E-state index contributed by atoms with van der Waals surface area (Å²) >= 11 is 0. The summed E-state index contributed by atoms with van der Waals surface area (Å²) in [6.45, 7) is 3.94. The molecule has 0 radical (unpaired) electrons. The fraction of sp³-hybridized carbons (Fsp3) is 0.533. The highest BCUT2D eigenvalue weighted by Crippen LogP contribution is 2.40. The van der Waals surface area contributed by atoms with Gasteiger partial charge in [-0.3, -0.25) is 4.79 Å². The van der Waals surface area contributed by atoms with Crippen molar-refractivity contribution in [3.05, 3.63) is 35.9 Å². The molecule has 0 aromatic heterocycles. The number of carbonyl (C=O) groups excluding carboxylic acids is 1. The Bertz CT molecular complexity index is 398. The molecule has 2 atom stereocenters. The molecule has 1 aliphatic rings. The molecule has 1 unspecified atom stereocenters. The Hall–Kier alpha value is -1.35. The van der Waals surface area contributed by atoms with Crippen LogP contribution in [0.3, 0.4) is 0 Å². The Morgan fingerprint density at radius 2 is 1.89 bits per heavy atom. The second kappa shape index (κ2) is 5.53. The van der Waals surface area contributed by atoms with Crippen LogP contribution in [-0.4, -0.2) is 11.9 Å². The summed E-state index contributed by atoms with van der Waals surface area (Å²) in [6, 6.07) is 9.88. The zero-order valence-electron chi connectivity index (χ0n) is 11.1. The van der Waals surface area contributed by atoms with Gasteiger partial charge in [-0.15, -0.1) is 0 Å². The first-order chi connectivity index (χ1) is 8.59. The second-order valence-corrected chi connectivity index (χ2v) is 5.50. The van der Waals surface area contributed by atoms with Crippen molar-refractivity contribution < 1.29 is 4.79 Å². The molecule has 1 aromatic carbocycles. The smallest absolute Gasteiger partial charge is 0.237 e. The van der Waals surface area contributed by atoms with Gasteiger partial charge in [-0.25, -0.2) is 0 Å². The van der Waals surface area contributed by atoms with E-state index in [1.807, 2.05) is 32.0 Å². The summed E-state index contributed by atoms with van der Waals surface area (Å²) < 4.78 is 0. The van der Waals surface area contributed by atoms with Gasteiger partial charge in [0.25, 0.3) is 0 Å². The molecule has 18 heavy (non-hydrogen) atoms. The van der Waals surface area contributed by atoms with E-state index in [4.69, 9.17) is 5.73 Å². The van der Waals surface area contributed by atoms with Crippen LogP contribution in [0.5, 0.6) is 0 Å². The van der Waals surface area contributed by atoms with Crippen molar-refractivity contribution in [1.29, 1.82) is 0 Å². The van der Waals surface area contributed by atoms with Gasteiger partial charge in [-0.1, -0.05) is 44.2 Å². The van der Waals surface area contributed by atoms with E-state index >= 15 is 0 Å². The van der Waals surface area contributed by atoms with Crippen LogP contribution in [0.25, 0.3) is 0 Å². The number of rotatable bonds is 5. The lowest BCUT2D eigenvalue weighted by atomic mass is 10.00. The highest BCUT2D eigenvalue weighted by Gasteiger charge is 2.34. The third-order valence-corrected chi connectivity index (χ3v) is 3.57. The Balaban J connectivity index is 2.06. The van der Waals surface area contributed by atoms with Crippen LogP contribution in [0.4, 0.5) is 0 Å². The molecule has 0 aliphatic heterocycles. The predicted octanol–water partition coefficient (Wildman–Crippen LogP) is 2.24. The van der Waals surface area contributed by atoms with Crippen molar-refractivity contribution in [3.63, 3.8) is 0 Å². The van der Waals surface area contributed by atoms with E-state index in [2.05, 4.69) is 17.4 Å². The average molecular weight is 246 g/mol. The molecule has 0 heterocycles. The minimum atomic E-state index is -0.421. The molecular weight excluding hydrogens is 224 g/mol. The minimum Gasteiger partial charge on any atom is -0.348 e. The summed E-state index contributed by atoms with van der Waals surface area (Å²) in [5, 5.41) is 3.11. The Kier molecular flexibility index (Phi) is 4.02. The molecule has 1 aliphatic carbocycles. The summed E-state index contributed by atoms with van der Waals surface area (Å²) in [6.07, 6.45) is 2.38. The normalized spacial score (nSPS) is 18.4. The first-order valence-corrected chi connectivity index (χ1v) is 6.70. The van der Waals surface area contributed by atoms with Gasteiger partial charge in [0.05, 0.1) is 12.1 Å². The number of carbonyl (C=O) groups is 1. The molecule has 3 N–H and O–H groups in total. The molecule has 1 aromatic rings. The molecule has 3 heteroatoms. The quantitative estimate of drug-likeness (QED) is 0.837. The minimum absolute atomic E-state index is 0.0363. The third-order valence-electron chi connectivity index (χ3n) is 3.57. The lowest BCUT2D eigenvalue weighted by Crippen LogP contribution is -2.45. The van der Waals surface area contributed by atoms with Crippen LogP contribution < -0.4 is 11.1 Å². The topological polar surface area (TPSA) is 55.1 Å². The van der Waals surface area contributed by atoms with Crippen LogP contribution >= 0.6 is 0 Å². The van der Waals surface area contributed by atoms with E-state index in [1.54, 1.807) is 0 Å². The molecule has 98 valence electrons. The van der Waals surface area contributed by atoms with E-state index in [1.165, 1.54) is 18.4 Å². The molecule has 3 nitrogen and oxygen atoms in total. The summed E-state index contributed by atoms with van der Waals surface area (Å²) in [4.78, 5) is 12.1. The molecule has 2 rings (SSSR count). The van der Waals surface area contributed by atoms with Gasteiger partial charge in [0.2, 0.25) is 5.91 Å². The highest BCUT2D eigenvalue weighted by molar-refractivity contribution is 5.82. The maximum absolute atomic E-state index is 12.1. The highest BCUT2D eigenvalue weighted by atomic mass is 16.2. The van der Waals surface area contributed by atoms with Crippen molar-refractivity contribution in [2.75, 3.05) is 0 Å². The lowest BCUT2D eigenvalue weighted by molar-refractivity contribution is -0.124.